The maximum Gasteiger partial charge on any atom is 0.410 e. The first-order valence-corrected chi connectivity index (χ1v) is 7.63. The van der Waals surface area contributed by atoms with Crippen LogP contribution in [0.3, 0.4) is 0 Å². The molecule has 0 saturated carbocycles. The van der Waals surface area contributed by atoms with Crippen molar-refractivity contribution in [3.8, 4) is 0 Å². The molecule has 0 N–H and O–H groups in total. The highest BCUT2D eigenvalue weighted by Gasteiger charge is 2.24. The van der Waals surface area contributed by atoms with Gasteiger partial charge in [-0.25, -0.2) is 4.79 Å². The van der Waals surface area contributed by atoms with Gasteiger partial charge in [0.05, 0.1) is 11.0 Å². The molecule has 0 radical (unpaired) electrons. The maximum absolute atomic E-state index is 12.2. The number of nitrogens with zero attached hydrogens (tertiary/aromatic N) is 3. The molecule has 0 aliphatic carbocycles. The fourth-order valence-corrected chi connectivity index (χ4v) is 2.69. The third-order valence-corrected chi connectivity index (χ3v) is 3.74. The average molecular weight is 299 g/mol. The van der Waals surface area contributed by atoms with Crippen LogP contribution in [0.25, 0.3) is 11.0 Å². The maximum atomic E-state index is 12.2. The van der Waals surface area contributed by atoms with E-state index < -0.39 is 5.60 Å². The summed E-state index contributed by atoms with van der Waals surface area (Å²) in [5.74, 6) is 0. The molecule has 1 amide bonds. The molecule has 5 heteroatoms. The van der Waals surface area contributed by atoms with Gasteiger partial charge in [0.1, 0.15) is 5.60 Å². The molecule has 2 aromatic rings. The van der Waals surface area contributed by atoms with Crippen molar-refractivity contribution >= 4 is 17.1 Å². The van der Waals surface area contributed by atoms with Crippen LogP contribution in [-0.2, 0) is 17.6 Å². The molecule has 0 spiro atoms. The second-order valence-corrected chi connectivity index (χ2v) is 6.63. The fourth-order valence-electron chi connectivity index (χ4n) is 2.69. The van der Waals surface area contributed by atoms with Crippen LogP contribution in [0.5, 0.6) is 0 Å². The van der Waals surface area contributed by atoms with Gasteiger partial charge in [-0.15, -0.1) is 0 Å². The lowest BCUT2D eigenvalue weighted by Crippen LogP contribution is -2.38. The Balaban J connectivity index is 1.80. The summed E-state index contributed by atoms with van der Waals surface area (Å²) < 4.78 is 5.47. The Hall–Kier alpha value is -2.17. The van der Waals surface area contributed by atoms with Crippen LogP contribution in [0.4, 0.5) is 4.79 Å². The van der Waals surface area contributed by atoms with Crippen molar-refractivity contribution in [3.63, 3.8) is 0 Å². The zero-order chi connectivity index (χ0) is 15.7. The molecule has 0 atom stereocenters. The van der Waals surface area contributed by atoms with E-state index in [9.17, 15) is 4.79 Å². The second kappa shape index (κ2) is 5.55. The van der Waals surface area contributed by atoms with Crippen molar-refractivity contribution in [1.82, 2.24) is 14.9 Å². The Morgan fingerprint density at radius 3 is 2.00 bits per heavy atom. The molecule has 0 fully saturated rings. The molecule has 116 valence electrons. The van der Waals surface area contributed by atoms with Gasteiger partial charge in [0.25, 0.3) is 0 Å². The van der Waals surface area contributed by atoms with Crippen LogP contribution in [0.15, 0.2) is 24.5 Å². The van der Waals surface area contributed by atoms with E-state index in [1.807, 2.05) is 20.8 Å². The highest BCUT2D eigenvalue weighted by molar-refractivity contribution is 5.76. The quantitative estimate of drug-likeness (QED) is 0.750. The normalized spacial score (nSPS) is 15.3. The molecule has 3 rings (SSSR count). The number of amides is 1. The van der Waals surface area contributed by atoms with Gasteiger partial charge < -0.3 is 9.64 Å². The van der Waals surface area contributed by atoms with Gasteiger partial charge in [0.15, 0.2) is 0 Å². The molecule has 1 aliphatic rings. The van der Waals surface area contributed by atoms with Crippen molar-refractivity contribution in [3.05, 3.63) is 35.7 Å². The number of hydrogen-bond acceptors (Lipinski definition) is 4. The lowest BCUT2D eigenvalue weighted by atomic mass is 10.0. The molecule has 1 aromatic heterocycles. The predicted molar refractivity (Wildman–Crippen MR) is 84.8 cm³/mol. The highest BCUT2D eigenvalue weighted by Crippen LogP contribution is 2.22. The van der Waals surface area contributed by atoms with Crippen LogP contribution in [-0.4, -0.2) is 39.7 Å². The van der Waals surface area contributed by atoms with Crippen LogP contribution >= 0.6 is 0 Å². The van der Waals surface area contributed by atoms with E-state index in [0.717, 1.165) is 23.9 Å². The summed E-state index contributed by atoms with van der Waals surface area (Å²) in [6, 6.07) is 4.19. The zero-order valence-electron chi connectivity index (χ0n) is 13.3. The van der Waals surface area contributed by atoms with Gasteiger partial charge in [-0.3, -0.25) is 9.97 Å². The highest BCUT2D eigenvalue weighted by atomic mass is 16.6. The van der Waals surface area contributed by atoms with Crippen molar-refractivity contribution in [2.45, 2.75) is 39.2 Å². The Bertz CT molecular complexity index is 660. The monoisotopic (exact) mass is 299 g/mol. The Kier molecular flexibility index (Phi) is 3.72. The van der Waals surface area contributed by atoms with E-state index in [1.165, 1.54) is 11.1 Å². The number of rotatable bonds is 0. The summed E-state index contributed by atoms with van der Waals surface area (Å²) >= 11 is 0. The number of hydrogen-bond donors (Lipinski definition) is 0. The second-order valence-electron chi connectivity index (χ2n) is 6.63. The molecular formula is C17H21N3O2. The molecule has 2 heterocycles. The summed E-state index contributed by atoms with van der Waals surface area (Å²) in [6.07, 6.45) is 4.82. The first kappa shape index (κ1) is 14.8. The van der Waals surface area contributed by atoms with Crippen molar-refractivity contribution < 1.29 is 9.53 Å². The minimum atomic E-state index is -0.460. The SMILES string of the molecule is CC(C)(C)OC(=O)N1CCc2cc3nccnc3cc2CC1. The van der Waals surface area contributed by atoms with Crippen molar-refractivity contribution in [2.24, 2.45) is 0 Å². The Labute approximate surface area is 130 Å². The van der Waals surface area contributed by atoms with Crippen LogP contribution in [0.1, 0.15) is 31.9 Å². The number of carbonyl (C=O) groups excluding carboxylic acids is 1. The van der Waals surface area contributed by atoms with Crippen LogP contribution < -0.4 is 0 Å². The zero-order valence-corrected chi connectivity index (χ0v) is 13.3. The Morgan fingerprint density at radius 1 is 1.05 bits per heavy atom. The molecule has 0 bridgehead atoms. The smallest absolute Gasteiger partial charge is 0.410 e. The first-order valence-electron chi connectivity index (χ1n) is 7.63. The fraction of sp³-hybridized carbons (Fsp3) is 0.471. The van der Waals surface area contributed by atoms with Gasteiger partial charge in [0, 0.05) is 25.5 Å². The third kappa shape index (κ3) is 3.18. The van der Waals surface area contributed by atoms with E-state index in [0.29, 0.717) is 13.1 Å². The first-order chi connectivity index (χ1) is 10.4. The largest absolute Gasteiger partial charge is 0.444 e. The molecule has 0 unspecified atom stereocenters. The number of fused-ring (bicyclic) bond motifs is 2. The topological polar surface area (TPSA) is 55.3 Å². The van der Waals surface area contributed by atoms with E-state index >= 15 is 0 Å². The minimum Gasteiger partial charge on any atom is -0.444 e. The molecule has 1 aliphatic heterocycles. The number of benzene rings is 1. The van der Waals surface area contributed by atoms with E-state index in [-0.39, 0.29) is 6.09 Å². The van der Waals surface area contributed by atoms with Crippen LogP contribution in [0.2, 0.25) is 0 Å². The van der Waals surface area contributed by atoms with E-state index in [4.69, 9.17) is 4.74 Å². The average Bonchev–Trinajstić information content (AvgIpc) is 2.65. The standard InChI is InChI=1S/C17H21N3O2/c1-17(2,3)22-16(21)20-8-4-12-10-14-15(19-7-6-18-14)11-13(12)5-9-20/h6-7,10-11H,4-5,8-9H2,1-3H3. The minimum absolute atomic E-state index is 0.235. The van der Waals surface area contributed by atoms with E-state index in [1.54, 1.807) is 17.3 Å². The molecule has 5 nitrogen and oxygen atoms in total. The lowest BCUT2D eigenvalue weighted by molar-refractivity contribution is 0.0258. The molecule has 1 aromatic carbocycles. The van der Waals surface area contributed by atoms with Crippen molar-refractivity contribution in [2.75, 3.05) is 13.1 Å². The summed E-state index contributed by atoms with van der Waals surface area (Å²) in [6.45, 7) is 7.02. The van der Waals surface area contributed by atoms with Gasteiger partial charge in [-0.05, 0) is 56.9 Å². The van der Waals surface area contributed by atoms with Gasteiger partial charge >= 0.3 is 6.09 Å². The molecule has 22 heavy (non-hydrogen) atoms. The number of ether oxygens (including phenoxy) is 1. The number of carbonyl (C=O) groups is 1. The predicted octanol–water partition coefficient (Wildman–Crippen LogP) is 2.97. The summed E-state index contributed by atoms with van der Waals surface area (Å²) in [5.41, 5.74) is 3.86. The van der Waals surface area contributed by atoms with Crippen molar-refractivity contribution in [1.29, 1.82) is 0 Å². The van der Waals surface area contributed by atoms with Gasteiger partial charge in [0.2, 0.25) is 0 Å². The van der Waals surface area contributed by atoms with Gasteiger partial charge in [-0.1, -0.05) is 0 Å². The summed E-state index contributed by atoms with van der Waals surface area (Å²) in [4.78, 5) is 22.7. The molecular weight excluding hydrogens is 278 g/mol. The van der Waals surface area contributed by atoms with E-state index in [2.05, 4.69) is 22.1 Å². The summed E-state index contributed by atoms with van der Waals surface area (Å²) in [7, 11) is 0. The third-order valence-electron chi connectivity index (χ3n) is 3.74. The lowest BCUT2D eigenvalue weighted by Gasteiger charge is -2.26. The molecule has 0 saturated heterocycles. The van der Waals surface area contributed by atoms with Gasteiger partial charge in [-0.2, -0.15) is 0 Å². The number of aromatic nitrogens is 2. The summed E-state index contributed by atoms with van der Waals surface area (Å²) in [5, 5.41) is 0. The van der Waals surface area contributed by atoms with Crippen LogP contribution in [0, 0.1) is 0 Å². The Morgan fingerprint density at radius 2 is 1.55 bits per heavy atom.